The molecule has 6 nitrogen and oxygen atoms in total. The van der Waals surface area contributed by atoms with Crippen LogP contribution in [0.25, 0.3) is 0 Å². The van der Waals surface area contributed by atoms with Crippen molar-refractivity contribution in [3.05, 3.63) is 59.7 Å². The highest BCUT2D eigenvalue weighted by atomic mass is 35.5. The first-order valence-corrected chi connectivity index (χ1v) is 11.5. The van der Waals surface area contributed by atoms with E-state index in [1.807, 2.05) is 6.79 Å². The third-order valence-electron chi connectivity index (χ3n) is 4.13. The second kappa shape index (κ2) is 14.7. The lowest BCUT2D eigenvalue weighted by atomic mass is 10.1. The van der Waals surface area contributed by atoms with E-state index in [2.05, 4.69) is 6.92 Å². The molecule has 0 aromatic heterocycles. The molecule has 30 heavy (non-hydrogen) atoms. The Bertz CT molecular complexity index is 865. The number of rotatable bonds is 8. The summed E-state index contributed by atoms with van der Waals surface area (Å²) in [7, 11) is -3.58. The topological polar surface area (TPSA) is 115 Å². The number of unbranched alkanes of at least 4 members (excludes halogenated alkanes) is 2. The van der Waals surface area contributed by atoms with E-state index in [1.54, 1.807) is 43.3 Å². The lowest BCUT2D eigenvalue weighted by Gasteiger charge is -2.09. The van der Waals surface area contributed by atoms with E-state index in [1.165, 1.54) is 31.4 Å². The maximum Gasteiger partial charge on any atom is 0.320 e. The molecule has 2 aromatic carbocycles. The molecule has 8 heteroatoms. The first-order chi connectivity index (χ1) is 14.2. The van der Waals surface area contributed by atoms with E-state index < -0.39 is 21.8 Å². The van der Waals surface area contributed by atoms with E-state index in [0.717, 1.165) is 5.88 Å². The lowest BCUT2D eigenvalue weighted by molar-refractivity contribution is -0.138. The molecule has 0 radical (unpaired) electrons. The molecule has 0 heterocycles. The Balaban J connectivity index is 0.000000905. The van der Waals surface area contributed by atoms with Crippen LogP contribution in [0.4, 0.5) is 0 Å². The fraction of sp³-hybridized carbons (Fsp3) is 0.364. The molecule has 0 aliphatic heterocycles. The minimum Gasteiger partial charge on any atom is -0.480 e. The van der Waals surface area contributed by atoms with E-state index >= 15 is 0 Å². The van der Waals surface area contributed by atoms with Crippen LogP contribution < -0.4 is 5.73 Å². The van der Waals surface area contributed by atoms with Gasteiger partial charge < -0.3 is 15.6 Å². The maximum absolute atomic E-state index is 12.6. The SMILES string of the molecule is C=O.CCCCCCl.Cc1ccccc1S(=O)(=O)c1ccc(CC(N)C(=O)O)cc1. The lowest BCUT2D eigenvalue weighted by Crippen LogP contribution is -2.32. The molecule has 3 N–H and O–H groups in total. The summed E-state index contributed by atoms with van der Waals surface area (Å²) in [6, 6.07) is 11.9. The summed E-state index contributed by atoms with van der Waals surface area (Å²) in [5.74, 6) is -0.259. The Morgan fingerprint density at radius 2 is 1.67 bits per heavy atom. The van der Waals surface area contributed by atoms with Gasteiger partial charge in [0.1, 0.15) is 12.8 Å². The fourth-order valence-electron chi connectivity index (χ4n) is 2.48. The van der Waals surface area contributed by atoms with Crippen molar-refractivity contribution in [2.75, 3.05) is 5.88 Å². The number of carboxylic acids is 1. The number of alkyl halides is 1. The van der Waals surface area contributed by atoms with Gasteiger partial charge in [0.2, 0.25) is 9.84 Å². The van der Waals surface area contributed by atoms with Crippen molar-refractivity contribution in [1.29, 1.82) is 0 Å². The fourth-order valence-corrected chi connectivity index (χ4v) is 4.16. The number of aryl methyl sites for hydroxylation is 1. The zero-order chi connectivity index (χ0) is 23.2. The van der Waals surface area contributed by atoms with Crippen LogP contribution in [-0.4, -0.2) is 38.2 Å². The molecule has 0 saturated carbocycles. The van der Waals surface area contributed by atoms with Crippen LogP contribution in [0, 0.1) is 6.92 Å². The molecule has 0 aliphatic rings. The number of hydrogen-bond donors (Lipinski definition) is 2. The Kier molecular flexibility index (Phi) is 13.6. The molecule has 0 spiro atoms. The molecule has 0 saturated heterocycles. The molecular weight excluding hydrogens is 426 g/mol. The number of halogens is 1. The second-order valence-corrected chi connectivity index (χ2v) is 8.75. The molecule has 0 amide bonds. The zero-order valence-corrected chi connectivity index (χ0v) is 19.0. The van der Waals surface area contributed by atoms with Crippen LogP contribution in [0.15, 0.2) is 58.3 Å². The Morgan fingerprint density at radius 3 is 2.10 bits per heavy atom. The Hall–Kier alpha value is -2.22. The molecule has 1 atom stereocenters. The van der Waals surface area contributed by atoms with Crippen molar-refractivity contribution >= 4 is 34.2 Å². The number of sulfone groups is 1. The highest BCUT2D eigenvalue weighted by molar-refractivity contribution is 7.91. The number of nitrogens with two attached hydrogens (primary N) is 1. The van der Waals surface area contributed by atoms with Crippen LogP contribution >= 0.6 is 11.6 Å². The van der Waals surface area contributed by atoms with E-state index in [4.69, 9.17) is 27.2 Å². The summed E-state index contributed by atoms with van der Waals surface area (Å²) < 4.78 is 25.2. The average molecular weight is 456 g/mol. The van der Waals surface area contributed by atoms with Crippen molar-refractivity contribution in [2.24, 2.45) is 5.73 Å². The van der Waals surface area contributed by atoms with Gasteiger partial charge in [-0.25, -0.2) is 8.42 Å². The first-order valence-electron chi connectivity index (χ1n) is 9.46. The van der Waals surface area contributed by atoms with Crippen molar-refractivity contribution < 1.29 is 23.1 Å². The first kappa shape index (κ1) is 27.8. The number of aliphatic carboxylic acids is 1. The maximum atomic E-state index is 12.6. The van der Waals surface area contributed by atoms with Crippen molar-refractivity contribution in [2.45, 2.75) is 55.4 Å². The number of benzene rings is 2. The third-order valence-corrected chi connectivity index (χ3v) is 6.32. The smallest absolute Gasteiger partial charge is 0.320 e. The Morgan fingerprint density at radius 1 is 1.10 bits per heavy atom. The van der Waals surface area contributed by atoms with Crippen molar-refractivity contribution in [3.8, 4) is 0 Å². The van der Waals surface area contributed by atoms with Gasteiger partial charge in [0.25, 0.3) is 0 Å². The molecule has 0 bridgehead atoms. The van der Waals surface area contributed by atoms with Crippen LogP contribution in [0.1, 0.15) is 37.3 Å². The van der Waals surface area contributed by atoms with Crippen molar-refractivity contribution in [1.82, 2.24) is 0 Å². The van der Waals surface area contributed by atoms with Crippen LogP contribution in [0.5, 0.6) is 0 Å². The van der Waals surface area contributed by atoms with Gasteiger partial charge in [0.05, 0.1) is 9.79 Å². The average Bonchev–Trinajstić information content (AvgIpc) is 2.74. The quantitative estimate of drug-likeness (QED) is 0.459. The predicted octanol–water partition coefficient (Wildman–Crippen LogP) is 4.01. The summed E-state index contributed by atoms with van der Waals surface area (Å²) in [5.41, 5.74) is 6.82. The Labute approximate surface area is 184 Å². The summed E-state index contributed by atoms with van der Waals surface area (Å²) in [6.07, 6.45) is 3.88. The van der Waals surface area contributed by atoms with Crippen LogP contribution in [0.3, 0.4) is 0 Å². The molecule has 2 rings (SSSR count). The van der Waals surface area contributed by atoms with Crippen LogP contribution in [-0.2, 0) is 25.8 Å². The molecule has 2 aromatic rings. The summed E-state index contributed by atoms with van der Waals surface area (Å²) >= 11 is 5.38. The standard InChI is InChI=1S/C16H17NO4S.C5H11Cl.CH2O/c1-11-4-2-3-5-15(11)22(20,21)13-8-6-12(7-9-13)10-14(17)16(18)19;1-2-3-4-5-6;1-2/h2-9,14H,10,17H2,1H3,(H,18,19);2-5H2,1H3;1H2. The van der Waals surface area contributed by atoms with Crippen LogP contribution in [0.2, 0.25) is 0 Å². The summed E-state index contributed by atoms with van der Waals surface area (Å²) in [5, 5.41) is 8.79. The monoisotopic (exact) mass is 455 g/mol. The number of hydrogen-bond acceptors (Lipinski definition) is 5. The van der Waals surface area contributed by atoms with Gasteiger partial charge in [-0.2, -0.15) is 0 Å². The zero-order valence-electron chi connectivity index (χ0n) is 17.4. The number of carbonyl (C=O) groups excluding carboxylic acids is 1. The second-order valence-electron chi connectivity index (χ2n) is 6.46. The highest BCUT2D eigenvalue weighted by Gasteiger charge is 2.19. The largest absolute Gasteiger partial charge is 0.480 e. The highest BCUT2D eigenvalue weighted by Crippen LogP contribution is 2.24. The van der Waals surface area contributed by atoms with E-state index in [0.29, 0.717) is 11.1 Å². The van der Waals surface area contributed by atoms with Gasteiger partial charge >= 0.3 is 5.97 Å². The minimum absolute atomic E-state index is 0.153. The molecule has 166 valence electrons. The summed E-state index contributed by atoms with van der Waals surface area (Å²) in [4.78, 5) is 19.2. The van der Waals surface area contributed by atoms with E-state index in [-0.39, 0.29) is 16.2 Å². The van der Waals surface area contributed by atoms with Gasteiger partial charge in [0, 0.05) is 5.88 Å². The molecular formula is C22H30ClNO5S. The molecule has 0 aliphatic carbocycles. The predicted molar refractivity (Wildman–Crippen MR) is 120 cm³/mol. The number of carbonyl (C=O) groups is 2. The third kappa shape index (κ3) is 9.07. The molecule has 1 unspecified atom stereocenters. The van der Waals surface area contributed by atoms with Crippen molar-refractivity contribution in [3.63, 3.8) is 0 Å². The normalized spacial score (nSPS) is 11.3. The van der Waals surface area contributed by atoms with Gasteiger partial charge in [-0.1, -0.05) is 50.1 Å². The van der Waals surface area contributed by atoms with Gasteiger partial charge in [-0.05, 0) is 49.1 Å². The van der Waals surface area contributed by atoms with Gasteiger partial charge in [-0.3, -0.25) is 4.79 Å². The van der Waals surface area contributed by atoms with E-state index in [9.17, 15) is 13.2 Å². The van der Waals surface area contributed by atoms with Gasteiger partial charge in [0.15, 0.2) is 0 Å². The minimum atomic E-state index is -3.58. The number of carboxylic acid groups (broad SMARTS) is 1. The molecule has 0 fully saturated rings. The van der Waals surface area contributed by atoms with Gasteiger partial charge in [-0.15, -0.1) is 11.6 Å². The summed E-state index contributed by atoms with van der Waals surface area (Å²) in [6.45, 7) is 5.92.